The van der Waals surface area contributed by atoms with Crippen molar-refractivity contribution in [1.82, 2.24) is 0 Å². The molecule has 0 radical (unpaired) electrons. The van der Waals surface area contributed by atoms with Crippen molar-refractivity contribution in [3.05, 3.63) is 55.1 Å². The van der Waals surface area contributed by atoms with Crippen LogP contribution >= 0.6 is 38.9 Å². The summed E-state index contributed by atoms with van der Waals surface area (Å²) >= 11 is 11.6. The molecule has 2 rings (SSSR count). The third-order valence-corrected chi connectivity index (χ3v) is 4.59. The highest BCUT2D eigenvalue weighted by atomic mass is 79.9. The van der Waals surface area contributed by atoms with Crippen LogP contribution in [0.15, 0.2) is 34.8 Å². The molecular weight excluding hydrogens is 316 g/mol. The van der Waals surface area contributed by atoms with E-state index in [4.69, 9.17) is 11.6 Å². The number of benzene rings is 1. The van der Waals surface area contributed by atoms with E-state index in [9.17, 15) is 0 Å². The summed E-state index contributed by atoms with van der Waals surface area (Å²) < 4.78 is 1.09. The molecule has 0 saturated heterocycles. The zero-order valence-electron chi connectivity index (χ0n) is 9.67. The van der Waals surface area contributed by atoms with Gasteiger partial charge in [-0.25, -0.2) is 0 Å². The fraction of sp³-hybridized carbons (Fsp3) is 0.286. The first kappa shape index (κ1) is 13.1. The standard InChI is InChI=1S/C14H14BrClS/c1-2-3-12-5-6-13(17-12)9-10-8-11(15)4-7-14(10)16/h4-8H,2-3,9H2,1H3. The largest absolute Gasteiger partial charge is 0.145 e. The lowest BCUT2D eigenvalue weighted by Gasteiger charge is -2.03. The summed E-state index contributed by atoms with van der Waals surface area (Å²) in [6.45, 7) is 2.21. The summed E-state index contributed by atoms with van der Waals surface area (Å²) in [5.74, 6) is 0. The van der Waals surface area contributed by atoms with Crippen LogP contribution in [0.4, 0.5) is 0 Å². The minimum absolute atomic E-state index is 0.846. The minimum atomic E-state index is 0.846. The van der Waals surface area contributed by atoms with Gasteiger partial charge in [0.1, 0.15) is 0 Å². The molecule has 0 amide bonds. The van der Waals surface area contributed by atoms with E-state index in [1.165, 1.54) is 28.2 Å². The van der Waals surface area contributed by atoms with Crippen LogP contribution in [0.25, 0.3) is 0 Å². The van der Waals surface area contributed by atoms with Crippen molar-refractivity contribution < 1.29 is 0 Å². The van der Waals surface area contributed by atoms with Gasteiger partial charge in [-0.3, -0.25) is 0 Å². The Kier molecular flexibility index (Phi) is 4.66. The molecule has 2 aromatic rings. The lowest BCUT2D eigenvalue weighted by Crippen LogP contribution is -1.86. The Balaban J connectivity index is 2.16. The molecule has 3 heteroatoms. The van der Waals surface area contributed by atoms with Gasteiger partial charge in [0.2, 0.25) is 0 Å². The second kappa shape index (κ2) is 6.03. The molecule has 17 heavy (non-hydrogen) atoms. The van der Waals surface area contributed by atoms with Crippen LogP contribution in [0.3, 0.4) is 0 Å². The molecule has 0 aliphatic rings. The molecular formula is C14H14BrClS. The molecule has 1 heterocycles. The Hall–Kier alpha value is -0.310. The SMILES string of the molecule is CCCc1ccc(Cc2cc(Br)ccc2Cl)s1. The molecule has 0 unspecified atom stereocenters. The summed E-state index contributed by atoms with van der Waals surface area (Å²) in [7, 11) is 0. The summed E-state index contributed by atoms with van der Waals surface area (Å²) in [6.07, 6.45) is 3.31. The van der Waals surface area contributed by atoms with Gasteiger partial charge in [0, 0.05) is 25.7 Å². The van der Waals surface area contributed by atoms with Gasteiger partial charge in [0.15, 0.2) is 0 Å². The molecule has 0 saturated carbocycles. The van der Waals surface area contributed by atoms with Crippen molar-refractivity contribution in [1.29, 1.82) is 0 Å². The smallest absolute Gasteiger partial charge is 0.0442 e. The van der Waals surface area contributed by atoms with E-state index in [0.717, 1.165) is 15.9 Å². The number of thiophene rings is 1. The van der Waals surface area contributed by atoms with Crippen LogP contribution in [0.1, 0.15) is 28.7 Å². The lowest BCUT2D eigenvalue weighted by atomic mass is 10.1. The van der Waals surface area contributed by atoms with Gasteiger partial charge >= 0.3 is 0 Å². The first-order chi connectivity index (χ1) is 8.19. The molecule has 90 valence electrons. The fourth-order valence-electron chi connectivity index (χ4n) is 1.76. The number of rotatable bonds is 4. The first-order valence-corrected chi connectivity index (χ1v) is 7.69. The quantitative estimate of drug-likeness (QED) is 0.674. The van der Waals surface area contributed by atoms with Crippen molar-refractivity contribution in [2.45, 2.75) is 26.2 Å². The van der Waals surface area contributed by atoms with Crippen LogP contribution in [0, 0.1) is 0 Å². The predicted molar refractivity (Wildman–Crippen MR) is 80.3 cm³/mol. The molecule has 1 aromatic carbocycles. The van der Waals surface area contributed by atoms with Crippen LogP contribution in [-0.4, -0.2) is 0 Å². The fourth-order valence-corrected chi connectivity index (χ4v) is 3.50. The van der Waals surface area contributed by atoms with E-state index < -0.39 is 0 Å². The molecule has 0 aliphatic carbocycles. The Bertz CT molecular complexity index is 505. The van der Waals surface area contributed by atoms with Crippen LogP contribution in [0.5, 0.6) is 0 Å². The molecule has 0 bridgehead atoms. The summed E-state index contributed by atoms with van der Waals surface area (Å²) in [4.78, 5) is 2.85. The second-order valence-electron chi connectivity index (χ2n) is 4.03. The maximum absolute atomic E-state index is 6.20. The maximum atomic E-state index is 6.20. The molecule has 0 atom stereocenters. The molecule has 0 spiro atoms. The highest BCUT2D eigenvalue weighted by Gasteiger charge is 2.05. The van der Waals surface area contributed by atoms with Crippen molar-refractivity contribution in [3.8, 4) is 0 Å². The van der Waals surface area contributed by atoms with Gasteiger partial charge in [-0.2, -0.15) is 0 Å². The van der Waals surface area contributed by atoms with Gasteiger partial charge in [0.05, 0.1) is 0 Å². The highest BCUT2D eigenvalue weighted by molar-refractivity contribution is 9.10. The van der Waals surface area contributed by atoms with E-state index in [0.29, 0.717) is 0 Å². The number of aryl methyl sites for hydroxylation is 1. The van der Waals surface area contributed by atoms with Crippen molar-refractivity contribution in [3.63, 3.8) is 0 Å². The van der Waals surface area contributed by atoms with E-state index in [1.54, 1.807) is 0 Å². The summed E-state index contributed by atoms with van der Waals surface area (Å²) in [6, 6.07) is 10.5. The zero-order valence-corrected chi connectivity index (χ0v) is 12.8. The highest BCUT2D eigenvalue weighted by Crippen LogP contribution is 2.26. The van der Waals surface area contributed by atoms with Crippen LogP contribution < -0.4 is 0 Å². The Morgan fingerprint density at radius 2 is 1.94 bits per heavy atom. The average Bonchev–Trinajstić information content (AvgIpc) is 2.72. The minimum Gasteiger partial charge on any atom is -0.145 e. The molecule has 0 aliphatic heterocycles. The second-order valence-corrected chi connectivity index (χ2v) is 6.61. The first-order valence-electron chi connectivity index (χ1n) is 5.70. The molecule has 1 aromatic heterocycles. The summed E-state index contributed by atoms with van der Waals surface area (Å²) in [5, 5.41) is 0.846. The third-order valence-electron chi connectivity index (χ3n) is 2.59. The predicted octanol–water partition coefficient (Wildman–Crippen LogP) is 5.71. The van der Waals surface area contributed by atoms with Gasteiger partial charge in [-0.1, -0.05) is 40.9 Å². The van der Waals surface area contributed by atoms with Gasteiger partial charge in [0.25, 0.3) is 0 Å². The van der Waals surface area contributed by atoms with E-state index in [2.05, 4.69) is 41.1 Å². The van der Waals surface area contributed by atoms with E-state index in [1.807, 2.05) is 23.5 Å². The Morgan fingerprint density at radius 3 is 2.71 bits per heavy atom. The third kappa shape index (κ3) is 3.57. The zero-order chi connectivity index (χ0) is 12.3. The molecule has 0 fully saturated rings. The normalized spacial score (nSPS) is 10.8. The average molecular weight is 330 g/mol. The van der Waals surface area contributed by atoms with Crippen molar-refractivity contribution in [2.24, 2.45) is 0 Å². The lowest BCUT2D eigenvalue weighted by molar-refractivity contribution is 0.940. The topological polar surface area (TPSA) is 0 Å². The number of halogens is 2. The van der Waals surface area contributed by atoms with Crippen LogP contribution in [-0.2, 0) is 12.8 Å². The Labute approximate surface area is 120 Å². The van der Waals surface area contributed by atoms with E-state index in [-0.39, 0.29) is 0 Å². The van der Waals surface area contributed by atoms with Crippen LogP contribution in [0.2, 0.25) is 5.02 Å². The number of hydrogen-bond acceptors (Lipinski definition) is 1. The van der Waals surface area contributed by atoms with Gasteiger partial charge < -0.3 is 0 Å². The Morgan fingerprint density at radius 1 is 1.18 bits per heavy atom. The molecule has 0 nitrogen and oxygen atoms in total. The maximum Gasteiger partial charge on any atom is 0.0442 e. The van der Waals surface area contributed by atoms with Gasteiger partial charge in [-0.05, 0) is 42.3 Å². The van der Waals surface area contributed by atoms with Crippen molar-refractivity contribution >= 4 is 38.9 Å². The summed E-state index contributed by atoms with van der Waals surface area (Å²) in [5.41, 5.74) is 1.19. The van der Waals surface area contributed by atoms with E-state index >= 15 is 0 Å². The number of hydrogen-bond donors (Lipinski definition) is 0. The monoisotopic (exact) mass is 328 g/mol. The van der Waals surface area contributed by atoms with Gasteiger partial charge in [-0.15, -0.1) is 11.3 Å². The van der Waals surface area contributed by atoms with Crippen molar-refractivity contribution in [2.75, 3.05) is 0 Å². The molecule has 0 N–H and O–H groups in total.